The smallest absolute Gasteiger partial charge is 0.264 e. The number of rotatable bonds is 11. The van der Waals surface area contributed by atoms with Crippen LogP contribution in [0.4, 0.5) is 5.69 Å². The van der Waals surface area contributed by atoms with Gasteiger partial charge in [-0.2, -0.15) is 0 Å². The second-order valence-electron chi connectivity index (χ2n) is 8.30. The van der Waals surface area contributed by atoms with Crippen LogP contribution in [-0.2, 0) is 26.2 Å². The van der Waals surface area contributed by atoms with Crippen LogP contribution in [0.2, 0.25) is 5.02 Å². The van der Waals surface area contributed by atoms with Crippen LogP contribution in [0.3, 0.4) is 0 Å². The van der Waals surface area contributed by atoms with E-state index in [1.165, 1.54) is 24.1 Å². The third-order valence-corrected chi connectivity index (χ3v) is 8.51. The number of nitrogens with one attached hydrogen (secondary N) is 1. The van der Waals surface area contributed by atoms with E-state index in [9.17, 15) is 18.0 Å². The summed E-state index contributed by atoms with van der Waals surface area (Å²) in [6.07, 6.45) is 0. The van der Waals surface area contributed by atoms with E-state index in [1.807, 2.05) is 6.92 Å². The Labute approximate surface area is 236 Å². The molecule has 0 heterocycles. The van der Waals surface area contributed by atoms with Gasteiger partial charge in [-0.05, 0) is 74.0 Å². The number of benzene rings is 3. The molecule has 11 heteroatoms. The molecule has 0 aliphatic heterocycles. The number of anilines is 1. The van der Waals surface area contributed by atoms with Gasteiger partial charge in [0, 0.05) is 23.1 Å². The Bertz CT molecular complexity index is 1370. The van der Waals surface area contributed by atoms with E-state index in [2.05, 4.69) is 21.2 Å². The fourth-order valence-corrected chi connectivity index (χ4v) is 5.61. The number of halogens is 2. The van der Waals surface area contributed by atoms with E-state index in [1.54, 1.807) is 67.6 Å². The molecule has 3 aromatic carbocycles. The highest BCUT2D eigenvalue weighted by Crippen LogP contribution is 2.28. The highest BCUT2D eigenvalue weighted by atomic mass is 79.9. The lowest BCUT2D eigenvalue weighted by molar-refractivity contribution is -0.139. The Kier molecular flexibility index (Phi) is 10.2. The van der Waals surface area contributed by atoms with Crippen molar-refractivity contribution in [1.82, 2.24) is 10.2 Å². The second-order valence-corrected chi connectivity index (χ2v) is 11.5. The first-order valence-electron chi connectivity index (χ1n) is 11.8. The molecular weight excluding hydrogens is 594 g/mol. The van der Waals surface area contributed by atoms with Crippen molar-refractivity contribution in [2.24, 2.45) is 0 Å². The largest absolute Gasteiger partial charge is 0.494 e. The lowest BCUT2D eigenvalue weighted by Crippen LogP contribution is -2.50. The molecule has 38 heavy (non-hydrogen) atoms. The lowest BCUT2D eigenvalue weighted by atomic mass is 10.1. The monoisotopic (exact) mass is 621 g/mol. The maximum absolute atomic E-state index is 13.8. The van der Waals surface area contributed by atoms with Crippen molar-refractivity contribution < 1.29 is 22.7 Å². The zero-order valence-corrected chi connectivity index (χ0v) is 24.4. The van der Waals surface area contributed by atoms with Gasteiger partial charge in [0.15, 0.2) is 0 Å². The summed E-state index contributed by atoms with van der Waals surface area (Å²) >= 11 is 9.66. The van der Waals surface area contributed by atoms with Gasteiger partial charge in [-0.25, -0.2) is 8.42 Å². The van der Waals surface area contributed by atoms with Gasteiger partial charge in [0.25, 0.3) is 10.0 Å². The Morgan fingerprint density at radius 1 is 1.03 bits per heavy atom. The van der Waals surface area contributed by atoms with Gasteiger partial charge < -0.3 is 15.0 Å². The summed E-state index contributed by atoms with van der Waals surface area (Å²) in [5, 5.41) is 2.98. The molecule has 0 saturated carbocycles. The second kappa shape index (κ2) is 13.1. The number of ether oxygens (including phenoxy) is 1. The number of likely N-dealkylation sites (N-methyl/N-ethyl adjacent to an activating group) is 1. The summed E-state index contributed by atoms with van der Waals surface area (Å²) in [4.78, 5) is 27.7. The van der Waals surface area contributed by atoms with Crippen molar-refractivity contribution in [3.05, 3.63) is 87.9 Å². The van der Waals surface area contributed by atoms with E-state index in [-0.39, 0.29) is 17.1 Å². The molecule has 3 aromatic rings. The minimum absolute atomic E-state index is 0.0133. The molecule has 2 amide bonds. The molecule has 0 unspecified atom stereocenters. The minimum Gasteiger partial charge on any atom is -0.494 e. The van der Waals surface area contributed by atoms with Crippen LogP contribution in [0.25, 0.3) is 0 Å². The molecule has 202 valence electrons. The summed E-state index contributed by atoms with van der Waals surface area (Å²) in [6.45, 7) is 3.35. The average Bonchev–Trinajstić information content (AvgIpc) is 2.91. The summed E-state index contributed by atoms with van der Waals surface area (Å²) in [6, 6.07) is 18.7. The van der Waals surface area contributed by atoms with E-state index in [0.29, 0.717) is 27.4 Å². The van der Waals surface area contributed by atoms with E-state index >= 15 is 0 Å². The minimum atomic E-state index is -4.16. The quantitative estimate of drug-likeness (QED) is 0.330. The number of sulfonamides is 1. The Balaban J connectivity index is 2.04. The summed E-state index contributed by atoms with van der Waals surface area (Å²) in [5.74, 6) is -0.401. The molecule has 0 aromatic heterocycles. The van der Waals surface area contributed by atoms with Crippen LogP contribution in [0.1, 0.15) is 19.4 Å². The normalized spacial score (nSPS) is 11.9. The zero-order chi connectivity index (χ0) is 27.9. The Hall–Kier alpha value is -3.08. The van der Waals surface area contributed by atoms with Gasteiger partial charge in [0.1, 0.15) is 18.3 Å². The maximum Gasteiger partial charge on any atom is 0.264 e. The molecule has 3 rings (SSSR count). The molecule has 0 aliphatic carbocycles. The van der Waals surface area contributed by atoms with E-state index in [4.69, 9.17) is 16.3 Å². The first-order valence-corrected chi connectivity index (χ1v) is 14.4. The van der Waals surface area contributed by atoms with Crippen molar-refractivity contribution in [2.45, 2.75) is 31.3 Å². The van der Waals surface area contributed by atoms with Crippen molar-refractivity contribution in [3.8, 4) is 5.75 Å². The number of carbonyl (C=O) groups is 2. The predicted octanol–water partition coefficient (Wildman–Crippen LogP) is 4.86. The van der Waals surface area contributed by atoms with Gasteiger partial charge in [0.2, 0.25) is 11.8 Å². The van der Waals surface area contributed by atoms with Crippen LogP contribution in [0, 0.1) is 0 Å². The third kappa shape index (κ3) is 7.06. The summed E-state index contributed by atoms with van der Waals surface area (Å²) in [5.41, 5.74) is 0.900. The van der Waals surface area contributed by atoms with Crippen LogP contribution < -0.4 is 14.4 Å². The van der Waals surface area contributed by atoms with E-state index in [0.717, 1.165) is 4.31 Å². The molecule has 8 nitrogen and oxygen atoms in total. The lowest BCUT2D eigenvalue weighted by Gasteiger charge is -2.32. The molecule has 0 saturated heterocycles. The number of carbonyl (C=O) groups excluding carboxylic acids is 2. The molecule has 1 N–H and O–H groups in total. The van der Waals surface area contributed by atoms with Crippen molar-refractivity contribution >= 4 is 55.1 Å². The van der Waals surface area contributed by atoms with Gasteiger partial charge in [-0.3, -0.25) is 13.9 Å². The Morgan fingerprint density at radius 2 is 1.66 bits per heavy atom. The number of nitrogens with zero attached hydrogens (tertiary/aromatic N) is 2. The van der Waals surface area contributed by atoms with Crippen molar-refractivity contribution in [2.75, 3.05) is 24.5 Å². The Morgan fingerprint density at radius 3 is 2.24 bits per heavy atom. The highest BCUT2D eigenvalue weighted by Gasteiger charge is 2.32. The van der Waals surface area contributed by atoms with Gasteiger partial charge in [-0.1, -0.05) is 45.7 Å². The number of amides is 2. The molecule has 0 spiro atoms. The zero-order valence-electron chi connectivity index (χ0n) is 21.2. The van der Waals surface area contributed by atoms with Crippen molar-refractivity contribution in [1.29, 1.82) is 0 Å². The molecule has 1 atom stereocenters. The fourth-order valence-electron chi connectivity index (χ4n) is 3.74. The van der Waals surface area contributed by atoms with Crippen LogP contribution in [-0.4, -0.2) is 51.4 Å². The van der Waals surface area contributed by atoms with Gasteiger partial charge >= 0.3 is 0 Å². The standard InChI is InChI=1S/C27H29BrClN3O5S/c1-4-37-23-13-11-22(12-14-23)32(38(35,36)24-15-9-21(28)10-16-24)18-26(33)31(19(2)27(34)30-3)17-20-7-5-6-8-25(20)29/h5-16,19H,4,17-18H2,1-3H3,(H,30,34)/t19-/m0/s1. The average molecular weight is 623 g/mol. The summed E-state index contributed by atoms with van der Waals surface area (Å²) in [7, 11) is -2.69. The van der Waals surface area contributed by atoms with Crippen LogP contribution in [0.15, 0.2) is 82.2 Å². The van der Waals surface area contributed by atoms with E-state index < -0.39 is 34.4 Å². The van der Waals surface area contributed by atoms with Crippen molar-refractivity contribution in [3.63, 3.8) is 0 Å². The van der Waals surface area contributed by atoms with Crippen LogP contribution >= 0.6 is 27.5 Å². The molecule has 0 aliphatic rings. The number of hydrogen-bond acceptors (Lipinski definition) is 5. The third-order valence-electron chi connectivity index (χ3n) is 5.83. The number of hydrogen-bond donors (Lipinski definition) is 1. The van der Waals surface area contributed by atoms with Gasteiger partial charge in [-0.15, -0.1) is 0 Å². The first-order chi connectivity index (χ1) is 18.1. The molecular formula is C27H29BrClN3O5S. The molecule has 0 bridgehead atoms. The molecule has 0 fully saturated rings. The topological polar surface area (TPSA) is 96.0 Å². The maximum atomic E-state index is 13.8. The highest BCUT2D eigenvalue weighted by molar-refractivity contribution is 9.10. The SMILES string of the molecule is CCOc1ccc(N(CC(=O)N(Cc2ccccc2Cl)[C@@H](C)C(=O)NC)S(=O)(=O)c2ccc(Br)cc2)cc1. The predicted molar refractivity (Wildman–Crippen MR) is 152 cm³/mol. The summed E-state index contributed by atoms with van der Waals surface area (Å²) < 4.78 is 34.8. The van der Waals surface area contributed by atoms with Gasteiger partial charge in [0.05, 0.1) is 17.2 Å². The van der Waals surface area contributed by atoms with Crippen LogP contribution in [0.5, 0.6) is 5.75 Å². The fraction of sp³-hybridized carbons (Fsp3) is 0.259. The first kappa shape index (κ1) is 29.5. The molecule has 0 radical (unpaired) electrons.